The first-order valence-electron chi connectivity index (χ1n) is 6.18. The predicted octanol–water partition coefficient (Wildman–Crippen LogP) is 3.63. The number of aryl methyl sites for hydroxylation is 2. The summed E-state index contributed by atoms with van der Waals surface area (Å²) in [6, 6.07) is 6.06. The summed E-state index contributed by atoms with van der Waals surface area (Å²) in [4.78, 5) is 10.4. The summed E-state index contributed by atoms with van der Waals surface area (Å²) in [5, 5.41) is 2.12. The van der Waals surface area contributed by atoms with Crippen LogP contribution >= 0.6 is 22.9 Å². The zero-order valence-corrected chi connectivity index (χ0v) is 12.2. The Morgan fingerprint density at radius 3 is 3.00 bits per heavy atom. The summed E-state index contributed by atoms with van der Waals surface area (Å²) in [7, 11) is 0. The average molecular weight is 292 g/mol. The number of fused-ring (bicyclic) bond motifs is 1. The summed E-state index contributed by atoms with van der Waals surface area (Å²) < 4.78 is 2.18. The van der Waals surface area contributed by atoms with E-state index in [1.807, 2.05) is 18.3 Å². The molecule has 3 aromatic heterocycles. The fourth-order valence-corrected chi connectivity index (χ4v) is 3.22. The van der Waals surface area contributed by atoms with Crippen LogP contribution in [0.2, 0.25) is 0 Å². The maximum Gasteiger partial charge on any atom is 0.160 e. The van der Waals surface area contributed by atoms with Gasteiger partial charge in [0.2, 0.25) is 0 Å². The third-order valence-corrected chi connectivity index (χ3v) is 4.37. The molecule has 0 aliphatic carbocycles. The van der Waals surface area contributed by atoms with Crippen molar-refractivity contribution in [2.24, 2.45) is 0 Å². The van der Waals surface area contributed by atoms with E-state index in [0.29, 0.717) is 5.88 Å². The highest BCUT2D eigenvalue weighted by Gasteiger charge is 2.12. The lowest BCUT2D eigenvalue weighted by Gasteiger charge is -2.07. The minimum Gasteiger partial charge on any atom is -0.307 e. The molecule has 0 amide bonds. The molecular formula is C14H14ClN3S. The summed E-state index contributed by atoms with van der Waals surface area (Å²) in [6.45, 7) is 2.96. The van der Waals surface area contributed by atoms with Crippen molar-refractivity contribution in [1.29, 1.82) is 0 Å². The first kappa shape index (κ1) is 12.6. The number of rotatable bonds is 4. The van der Waals surface area contributed by atoms with Crippen LogP contribution in [-0.2, 0) is 13.0 Å². The summed E-state index contributed by atoms with van der Waals surface area (Å²) in [5.74, 6) is 1.59. The SMILES string of the molecule is Cc1ccsc1Cn1c(CCCl)nc2cccnc21. The molecule has 0 aromatic carbocycles. The minimum absolute atomic E-state index is 0.576. The van der Waals surface area contributed by atoms with Gasteiger partial charge in [-0.25, -0.2) is 9.97 Å². The van der Waals surface area contributed by atoms with E-state index in [-0.39, 0.29) is 0 Å². The van der Waals surface area contributed by atoms with Gasteiger partial charge in [0.05, 0.1) is 6.54 Å². The number of aromatic nitrogens is 3. The molecule has 0 saturated heterocycles. The Bertz CT molecular complexity index is 702. The van der Waals surface area contributed by atoms with Gasteiger partial charge in [0, 0.05) is 23.4 Å². The van der Waals surface area contributed by atoms with Crippen molar-refractivity contribution in [3.63, 3.8) is 0 Å². The summed E-state index contributed by atoms with van der Waals surface area (Å²) >= 11 is 7.65. The second kappa shape index (κ2) is 5.31. The van der Waals surface area contributed by atoms with E-state index in [9.17, 15) is 0 Å². The number of imidazole rings is 1. The maximum atomic E-state index is 5.88. The highest BCUT2D eigenvalue weighted by molar-refractivity contribution is 7.10. The molecule has 0 unspecified atom stereocenters. The second-order valence-electron chi connectivity index (χ2n) is 4.43. The maximum absolute atomic E-state index is 5.88. The van der Waals surface area contributed by atoms with E-state index in [1.54, 1.807) is 11.3 Å². The molecule has 0 N–H and O–H groups in total. The van der Waals surface area contributed by atoms with Crippen LogP contribution in [0, 0.1) is 6.92 Å². The Labute approximate surface area is 120 Å². The summed E-state index contributed by atoms with van der Waals surface area (Å²) in [6.07, 6.45) is 2.58. The number of hydrogen-bond acceptors (Lipinski definition) is 3. The Hall–Kier alpha value is -1.39. The van der Waals surface area contributed by atoms with Crippen LogP contribution in [0.3, 0.4) is 0 Å². The van der Waals surface area contributed by atoms with Gasteiger partial charge in [-0.05, 0) is 36.1 Å². The number of halogens is 1. The van der Waals surface area contributed by atoms with Gasteiger partial charge in [-0.2, -0.15) is 0 Å². The number of pyridine rings is 1. The highest BCUT2D eigenvalue weighted by Crippen LogP contribution is 2.21. The molecule has 0 radical (unpaired) electrons. The first-order valence-corrected chi connectivity index (χ1v) is 7.60. The van der Waals surface area contributed by atoms with Crippen molar-refractivity contribution in [3.8, 4) is 0 Å². The quantitative estimate of drug-likeness (QED) is 0.687. The van der Waals surface area contributed by atoms with Crippen LogP contribution in [0.25, 0.3) is 11.2 Å². The van der Waals surface area contributed by atoms with E-state index in [1.165, 1.54) is 10.4 Å². The van der Waals surface area contributed by atoms with Crippen LogP contribution in [0.15, 0.2) is 29.8 Å². The molecular weight excluding hydrogens is 278 g/mol. The fourth-order valence-electron chi connectivity index (χ4n) is 2.16. The molecule has 0 spiro atoms. The molecule has 0 saturated carbocycles. The monoisotopic (exact) mass is 291 g/mol. The molecule has 5 heteroatoms. The molecule has 98 valence electrons. The van der Waals surface area contributed by atoms with Crippen LogP contribution in [-0.4, -0.2) is 20.4 Å². The van der Waals surface area contributed by atoms with E-state index in [4.69, 9.17) is 11.6 Å². The molecule has 0 aliphatic heterocycles. The number of hydrogen-bond donors (Lipinski definition) is 0. The Balaban J connectivity index is 2.09. The topological polar surface area (TPSA) is 30.7 Å². The van der Waals surface area contributed by atoms with Crippen molar-refractivity contribution >= 4 is 34.1 Å². The molecule has 0 bridgehead atoms. The van der Waals surface area contributed by atoms with Gasteiger partial charge >= 0.3 is 0 Å². The molecule has 3 nitrogen and oxygen atoms in total. The van der Waals surface area contributed by atoms with Crippen molar-refractivity contribution < 1.29 is 0 Å². The fraction of sp³-hybridized carbons (Fsp3) is 0.286. The second-order valence-corrected chi connectivity index (χ2v) is 5.80. The van der Waals surface area contributed by atoms with Gasteiger partial charge in [0.1, 0.15) is 11.3 Å². The molecule has 3 aromatic rings. The first-order chi connectivity index (χ1) is 9.29. The van der Waals surface area contributed by atoms with Gasteiger partial charge in [-0.1, -0.05) is 0 Å². The van der Waals surface area contributed by atoms with Crippen molar-refractivity contribution in [2.75, 3.05) is 5.88 Å². The smallest absolute Gasteiger partial charge is 0.160 e. The predicted molar refractivity (Wildman–Crippen MR) is 80.1 cm³/mol. The molecule has 0 fully saturated rings. The Morgan fingerprint density at radius 1 is 1.37 bits per heavy atom. The molecule has 3 rings (SSSR count). The van der Waals surface area contributed by atoms with E-state index >= 15 is 0 Å². The van der Waals surface area contributed by atoms with Gasteiger partial charge in [-0.3, -0.25) is 0 Å². The third-order valence-electron chi connectivity index (χ3n) is 3.17. The molecule has 0 atom stereocenters. The van der Waals surface area contributed by atoms with Crippen LogP contribution < -0.4 is 0 Å². The van der Waals surface area contributed by atoms with Crippen LogP contribution in [0.1, 0.15) is 16.3 Å². The zero-order valence-electron chi connectivity index (χ0n) is 10.6. The highest BCUT2D eigenvalue weighted by atomic mass is 35.5. The van der Waals surface area contributed by atoms with E-state index in [2.05, 4.69) is 32.9 Å². The van der Waals surface area contributed by atoms with Crippen LogP contribution in [0.5, 0.6) is 0 Å². The van der Waals surface area contributed by atoms with Gasteiger partial charge in [0.15, 0.2) is 5.65 Å². The molecule has 0 aliphatic rings. The van der Waals surface area contributed by atoms with Gasteiger partial charge in [-0.15, -0.1) is 22.9 Å². The normalized spacial score (nSPS) is 11.3. The zero-order chi connectivity index (χ0) is 13.2. The lowest BCUT2D eigenvalue weighted by molar-refractivity contribution is 0.753. The Morgan fingerprint density at radius 2 is 2.26 bits per heavy atom. The van der Waals surface area contributed by atoms with E-state index in [0.717, 1.165) is 30.0 Å². The van der Waals surface area contributed by atoms with Crippen molar-refractivity contribution in [3.05, 3.63) is 46.0 Å². The Kier molecular flexibility index (Phi) is 3.53. The largest absolute Gasteiger partial charge is 0.307 e. The summed E-state index contributed by atoms with van der Waals surface area (Å²) in [5.41, 5.74) is 3.20. The lowest BCUT2D eigenvalue weighted by Crippen LogP contribution is -2.06. The molecule has 3 heterocycles. The van der Waals surface area contributed by atoms with Gasteiger partial charge < -0.3 is 4.57 Å². The number of thiophene rings is 1. The van der Waals surface area contributed by atoms with Gasteiger partial charge in [0.25, 0.3) is 0 Å². The van der Waals surface area contributed by atoms with Crippen LogP contribution in [0.4, 0.5) is 0 Å². The standard InChI is InChI=1S/C14H14ClN3S/c1-10-5-8-19-12(10)9-18-13(4-6-15)17-11-3-2-7-16-14(11)18/h2-3,5,7-8H,4,6,9H2,1H3. The number of nitrogens with zero attached hydrogens (tertiary/aromatic N) is 3. The van der Waals surface area contributed by atoms with E-state index < -0.39 is 0 Å². The molecule has 19 heavy (non-hydrogen) atoms. The number of alkyl halides is 1. The average Bonchev–Trinajstić information content (AvgIpc) is 2.96. The van der Waals surface area contributed by atoms with Crippen molar-refractivity contribution in [1.82, 2.24) is 14.5 Å². The minimum atomic E-state index is 0.576. The third kappa shape index (κ3) is 2.38. The van der Waals surface area contributed by atoms with Crippen molar-refractivity contribution in [2.45, 2.75) is 19.9 Å². The lowest BCUT2D eigenvalue weighted by atomic mass is 10.3.